The van der Waals surface area contributed by atoms with Gasteiger partial charge in [0.1, 0.15) is 11.9 Å². The number of unbranched alkanes of at least 4 members (excludes halogenated alkanes) is 1. The van der Waals surface area contributed by atoms with E-state index < -0.39 is 5.54 Å². The largest absolute Gasteiger partial charge is 0.465 e. The number of H-pyrrole nitrogens is 1. The van der Waals surface area contributed by atoms with Gasteiger partial charge >= 0.3 is 5.97 Å². The minimum atomic E-state index is -0.590. The summed E-state index contributed by atoms with van der Waals surface area (Å²) in [5, 5.41) is 10.5. The summed E-state index contributed by atoms with van der Waals surface area (Å²) in [5.41, 5.74) is -0.590. The fourth-order valence-corrected chi connectivity index (χ4v) is 2.41. The van der Waals surface area contributed by atoms with E-state index in [-0.39, 0.29) is 5.97 Å². The predicted molar refractivity (Wildman–Crippen MR) is 75.1 cm³/mol. The summed E-state index contributed by atoms with van der Waals surface area (Å²) in [6.07, 6.45) is 4.24. The Kier molecular flexibility index (Phi) is 6.86. The molecule has 6 nitrogen and oxygen atoms in total. The fourth-order valence-electron chi connectivity index (χ4n) is 1.63. The molecule has 1 aromatic rings. The van der Waals surface area contributed by atoms with Crippen molar-refractivity contribution in [1.29, 1.82) is 0 Å². The SMILES string of the molecule is CCOC(=O)C(C)(CCCCSc1ncn[nH]1)NC. The minimum Gasteiger partial charge on any atom is -0.465 e. The molecule has 0 saturated heterocycles. The number of nitrogens with zero attached hydrogens (tertiary/aromatic N) is 2. The van der Waals surface area contributed by atoms with Crippen LogP contribution in [0.5, 0.6) is 0 Å². The summed E-state index contributed by atoms with van der Waals surface area (Å²) in [5.74, 6) is 0.776. The van der Waals surface area contributed by atoms with Crippen LogP contribution in [0.2, 0.25) is 0 Å². The maximum Gasteiger partial charge on any atom is 0.326 e. The lowest BCUT2D eigenvalue weighted by molar-refractivity contribution is -0.150. The molecule has 1 unspecified atom stereocenters. The zero-order chi connectivity index (χ0) is 14.1. The molecule has 0 amide bonds. The van der Waals surface area contributed by atoms with Crippen molar-refractivity contribution in [3.05, 3.63) is 6.33 Å². The van der Waals surface area contributed by atoms with E-state index in [1.807, 2.05) is 13.8 Å². The molecule has 1 aromatic heterocycles. The van der Waals surface area contributed by atoms with Gasteiger partial charge in [-0.25, -0.2) is 4.98 Å². The first-order valence-corrected chi connectivity index (χ1v) is 7.45. The molecule has 0 spiro atoms. The third kappa shape index (κ3) is 5.20. The number of hydrogen-bond acceptors (Lipinski definition) is 6. The van der Waals surface area contributed by atoms with Crippen LogP contribution >= 0.6 is 11.8 Å². The van der Waals surface area contributed by atoms with Crippen LogP contribution in [0.15, 0.2) is 11.5 Å². The number of ether oxygens (including phenoxy) is 1. The lowest BCUT2D eigenvalue weighted by Gasteiger charge is -2.26. The summed E-state index contributed by atoms with van der Waals surface area (Å²) >= 11 is 1.64. The monoisotopic (exact) mass is 286 g/mol. The average molecular weight is 286 g/mol. The van der Waals surface area contributed by atoms with Gasteiger partial charge in [0.2, 0.25) is 0 Å². The third-order valence-electron chi connectivity index (χ3n) is 2.98. The first-order chi connectivity index (χ1) is 9.12. The highest BCUT2D eigenvalue weighted by Gasteiger charge is 2.32. The summed E-state index contributed by atoms with van der Waals surface area (Å²) in [4.78, 5) is 15.9. The smallest absolute Gasteiger partial charge is 0.326 e. The van der Waals surface area contributed by atoms with Crippen LogP contribution in [0.3, 0.4) is 0 Å². The lowest BCUT2D eigenvalue weighted by Crippen LogP contribution is -2.48. The molecule has 0 aromatic carbocycles. The second-order valence-electron chi connectivity index (χ2n) is 4.40. The summed E-state index contributed by atoms with van der Waals surface area (Å²) in [6.45, 7) is 4.12. The Bertz CT molecular complexity index is 372. The van der Waals surface area contributed by atoms with Gasteiger partial charge in [0.15, 0.2) is 5.16 Å². The molecule has 0 radical (unpaired) electrons. The minimum absolute atomic E-state index is 0.180. The molecular weight excluding hydrogens is 264 g/mol. The Balaban J connectivity index is 2.23. The zero-order valence-corrected chi connectivity index (χ0v) is 12.5. The van der Waals surface area contributed by atoms with Gasteiger partial charge in [-0.3, -0.25) is 9.89 Å². The Morgan fingerprint density at radius 1 is 1.58 bits per heavy atom. The highest BCUT2D eigenvalue weighted by Crippen LogP contribution is 2.18. The van der Waals surface area contributed by atoms with E-state index in [2.05, 4.69) is 20.5 Å². The maximum atomic E-state index is 11.8. The van der Waals surface area contributed by atoms with Gasteiger partial charge < -0.3 is 10.1 Å². The standard InChI is InChI=1S/C12H22N4O2S/c1-4-18-10(17)12(2,13-3)7-5-6-8-19-11-14-9-15-16-11/h9,13H,4-8H2,1-3H3,(H,14,15,16). The molecule has 0 aliphatic rings. The number of likely N-dealkylation sites (N-methyl/N-ethyl adjacent to an activating group) is 1. The molecule has 0 aliphatic heterocycles. The van der Waals surface area contributed by atoms with E-state index in [1.54, 1.807) is 18.8 Å². The molecule has 0 bridgehead atoms. The van der Waals surface area contributed by atoms with Gasteiger partial charge in [-0.05, 0) is 33.7 Å². The predicted octanol–water partition coefficient (Wildman–Crippen LogP) is 1.61. The highest BCUT2D eigenvalue weighted by atomic mass is 32.2. The molecule has 1 heterocycles. The number of hydrogen-bond donors (Lipinski definition) is 2. The van der Waals surface area contributed by atoms with Crippen LogP contribution in [0.25, 0.3) is 0 Å². The lowest BCUT2D eigenvalue weighted by atomic mass is 9.95. The van der Waals surface area contributed by atoms with Gasteiger partial charge in [-0.1, -0.05) is 18.2 Å². The number of aromatic amines is 1. The molecular formula is C12H22N4O2S. The van der Waals surface area contributed by atoms with Crippen molar-refractivity contribution in [2.24, 2.45) is 0 Å². The Labute approximate surface area is 118 Å². The van der Waals surface area contributed by atoms with E-state index in [0.717, 1.165) is 30.2 Å². The van der Waals surface area contributed by atoms with Crippen LogP contribution in [0.1, 0.15) is 33.1 Å². The molecule has 0 fully saturated rings. The summed E-state index contributed by atoms with van der Waals surface area (Å²) in [7, 11) is 1.79. The molecule has 1 atom stereocenters. The average Bonchev–Trinajstić information content (AvgIpc) is 2.91. The van der Waals surface area contributed by atoms with Crippen LogP contribution in [-0.2, 0) is 9.53 Å². The van der Waals surface area contributed by atoms with Crippen LogP contribution < -0.4 is 5.32 Å². The van der Waals surface area contributed by atoms with E-state index >= 15 is 0 Å². The number of esters is 1. The molecule has 7 heteroatoms. The van der Waals surface area contributed by atoms with Crippen LogP contribution in [0, 0.1) is 0 Å². The van der Waals surface area contributed by atoms with Crippen LogP contribution in [-0.4, -0.2) is 46.1 Å². The number of rotatable bonds is 9. The number of carbonyl (C=O) groups is 1. The van der Waals surface area contributed by atoms with Crippen molar-refractivity contribution < 1.29 is 9.53 Å². The maximum absolute atomic E-state index is 11.8. The molecule has 0 aliphatic carbocycles. The molecule has 19 heavy (non-hydrogen) atoms. The Morgan fingerprint density at radius 2 is 2.37 bits per heavy atom. The normalized spacial score (nSPS) is 14.1. The van der Waals surface area contributed by atoms with Crippen molar-refractivity contribution in [2.75, 3.05) is 19.4 Å². The van der Waals surface area contributed by atoms with Gasteiger partial charge in [0.25, 0.3) is 0 Å². The molecule has 1 rings (SSSR count). The van der Waals surface area contributed by atoms with Gasteiger partial charge in [0.05, 0.1) is 6.61 Å². The number of carbonyl (C=O) groups excluding carboxylic acids is 1. The van der Waals surface area contributed by atoms with E-state index in [1.165, 1.54) is 6.33 Å². The fraction of sp³-hybridized carbons (Fsp3) is 0.750. The molecule has 0 saturated carbocycles. The second kappa shape index (κ2) is 8.16. The van der Waals surface area contributed by atoms with Crippen LogP contribution in [0.4, 0.5) is 0 Å². The van der Waals surface area contributed by atoms with Crippen molar-refractivity contribution in [3.8, 4) is 0 Å². The van der Waals surface area contributed by atoms with Gasteiger partial charge in [0, 0.05) is 5.75 Å². The first kappa shape index (κ1) is 16.0. The third-order valence-corrected chi connectivity index (χ3v) is 3.94. The Hall–Kier alpha value is -1.08. The van der Waals surface area contributed by atoms with E-state index in [9.17, 15) is 4.79 Å². The number of thioether (sulfide) groups is 1. The number of nitrogens with one attached hydrogen (secondary N) is 2. The highest BCUT2D eigenvalue weighted by molar-refractivity contribution is 7.99. The topological polar surface area (TPSA) is 79.9 Å². The van der Waals surface area contributed by atoms with Crippen molar-refractivity contribution >= 4 is 17.7 Å². The van der Waals surface area contributed by atoms with Crippen molar-refractivity contribution in [2.45, 2.75) is 43.8 Å². The van der Waals surface area contributed by atoms with Crippen molar-refractivity contribution in [3.63, 3.8) is 0 Å². The summed E-state index contributed by atoms with van der Waals surface area (Å²) in [6, 6.07) is 0. The van der Waals surface area contributed by atoms with Gasteiger partial charge in [-0.2, -0.15) is 5.10 Å². The van der Waals surface area contributed by atoms with Crippen molar-refractivity contribution in [1.82, 2.24) is 20.5 Å². The molecule has 2 N–H and O–H groups in total. The van der Waals surface area contributed by atoms with E-state index in [4.69, 9.17) is 4.74 Å². The quantitative estimate of drug-likeness (QED) is 0.408. The number of aromatic nitrogens is 3. The first-order valence-electron chi connectivity index (χ1n) is 6.46. The second-order valence-corrected chi connectivity index (χ2v) is 5.48. The zero-order valence-electron chi connectivity index (χ0n) is 11.7. The van der Waals surface area contributed by atoms with E-state index in [0.29, 0.717) is 6.61 Å². The Morgan fingerprint density at radius 3 is 2.95 bits per heavy atom. The summed E-state index contributed by atoms with van der Waals surface area (Å²) < 4.78 is 5.08. The van der Waals surface area contributed by atoms with Gasteiger partial charge in [-0.15, -0.1) is 0 Å². The molecule has 108 valence electrons.